The van der Waals surface area contributed by atoms with Crippen LogP contribution in [0, 0.1) is 10.1 Å². The monoisotopic (exact) mass is 485 g/mol. The summed E-state index contributed by atoms with van der Waals surface area (Å²) in [5.74, 6) is -0.764. The van der Waals surface area contributed by atoms with Gasteiger partial charge in [-0.3, -0.25) is 14.9 Å². The number of thiazole rings is 1. The molecule has 2 N–H and O–H groups in total. The third-order valence-corrected chi connectivity index (χ3v) is 7.19. The maximum absolute atomic E-state index is 12.3. The van der Waals surface area contributed by atoms with Crippen molar-refractivity contribution in [3.8, 4) is 0 Å². The van der Waals surface area contributed by atoms with E-state index in [2.05, 4.69) is 12.3 Å². The van der Waals surface area contributed by atoms with Gasteiger partial charge in [-0.05, 0) is 41.5 Å². The second-order valence-corrected chi connectivity index (χ2v) is 9.41. The van der Waals surface area contributed by atoms with Crippen molar-refractivity contribution in [3.63, 3.8) is 0 Å². The molecule has 35 heavy (non-hydrogen) atoms. The first-order valence-electron chi connectivity index (χ1n) is 11.5. The molecule has 0 radical (unpaired) electrons. The zero-order valence-corrected chi connectivity index (χ0v) is 20.3. The van der Waals surface area contributed by atoms with Crippen LogP contribution < -0.4 is 5.73 Å². The summed E-state index contributed by atoms with van der Waals surface area (Å²) < 4.78 is 0. The lowest BCUT2D eigenvalue weighted by Gasteiger charge is -2.18. The summed E-state index contributed by atoms with van der Waals surface area (Å²) in [5.41, 5.74) is 10.9. The molecule has 3 aromatic carbocycles. The van der Waals surface area contributed by atoms with Gasteiger partial charge in [0.25, 0.3) is 5.69 Å². The van der Waals surface area contributed by atoms with Crippen LogP contribution in [-0.2, 0) is 24.1 Å². The second-order valence-electron chi connectivity index (χ2n) is 8.52. The largest absolute Gasteiger partial charge is 0.369 e. The molecule has 0 bridgehead atoms. The molecule has 6 nitrogen and oxygen atoms in total. The Kier molecular flexibility index (Phi) is 7.67. The smallest absolute Gasteiger partial charge is 0.269 e. The van der Waals surface area contributed by atoms with E-state index in [1.165, 1.54) is 12.1 Å². The van der Waals surface area contributed by atoms with E-state index in [9.17, 15) is 14.9 Å². The number of carbonyl (C=O) groups excluding carboxylic acids is 1. The number of primary amides is 1. The minimum atomic E-state index is -0.411. The Labute approximate surface area is 208 Å². The molecule has 0 aliphatic heterocycles. The summed E-state index contributed by atoms with van der Waals surface area (Å²) in [6, 6.07) is 24.6. The molecule has 0 fully saturated rings. The van der Waals surface area contributed by atoms with Gasteiger partial charge >= 0.3 is 0 Å². The summed E-state index contributed by atoms with van der Waals surface area (Å²) in [6.07, 6.45) is 2.07. The van der Waals surface area contributed by atoms with Crippen molar-refractivity contribution in [1.29, 1.82) is 0 Å². The average Bonchev–Trinajstić information content (AvgIpc) is 3.36. The first-order valence-corrected chi connectivity index (χ1v) is 12.4. The maximum Gasteiger partial charge on any atom is 0.269 e. The number of nitro groups is 1. The van der Waals surface area contributed by atoms with Crippen LogP contribution in [-0.4, -0.2) is 15.8 Å². The molecule has 1 aromatic heterocycles. The van der Waals surface area contributed by atoms with Gasteiger partial charge < -0.3 is 5.73 Å². The Balaban J connectivity index is 1.62. The number of benzene rings is 3. The molecule has 0 saturated heterocycles. The molecule has 1 heterocycles. The van der Waals surface area contributed by atoms with E-state index < -0.39 is 5.92 Å². The van der Waals surface area contributed by atoms with Crippen molar-refractivity contribution in [2.75, 3.05) is 0 Å². The van der Waals surface area contributed by atoms with Gasteiger partial charge in [0.05, 0.1) is 16.5 Å². The van der Waals surface area contributed by atoms with E-state index in [1.54, 1.807) is 23.5 Å². The first-order chi connectivity index (χ1) is 16.9. The number of hydrogen-bond acceptors (Lipinski definition) is 5. The predicted molar refractivity (Wildman–Crippen MR) is 139 cm³/mol. The summed E-state index contributed by atoms with van der Waals surface area (Å²) >= 11 is 1.63. The van der Waals surface area contributed by atoms with Crippen LogP contribution in [0.15, 0.2) is 84.2 Å². The Bertz CT molecular complexity index is 1290. The molecule has 4 aromatic rings. The van der Waals surface area contributed by atoms with Crippen molar-refractivity contribution >= 4 is 22.9 Å². The summed E-state index contributed by atoms with van der Waals surface area (Å²) in [4.78, 5) is 27.7. The van der Waals surface area contributed by atoms with Crippen LogP contribution in [0.3, 0.4) is 0 Å². The zero-order valence-electron chi connectivity index (χ0n) is 19.5. The number of aryl methyl sites for hydroxylation is 1. The molecule has 1 amide bonds. The summed E-state index contributed by atoms with van der Waals surface area (Å²) in [7, 11) is 0. The lowest BCUT2D eigenvalue weighted by atomic mass is 9.87. The van der Waals surface area contributed by atoms with Gasteiger partial charge in [0.1, 0.15) is 5.01 Å². The normalized spacial score (nSPS) is 12.7. The van der Waals surface area contributed by atoms with Gasteiger partial charge in [-0.15, -0.1) is 11.3 Å². The van der Waals surface area contributed by atoms with Crippen molar-refractivity contribution in [1.82, 2.24) is 4.98 Å². The van der Waals surface area contributed by atoms with Gasteiger partial charge in [-0.2, -0.15) is 0 Å². The number of nitrogens with two attached hydrogens (primary N) is 1. The Morgan fingerprint density at radius 1 is 0.943 bits per heavy atom. The molecule has 0 spiro atoms. The Morgan fingerprint density at radius 2 is 1.57 bits per heavy atom. The Hall–Kier alpha value is -3.84. The van der Waals surface area contributed by atoms with Gasteiger partial charge in [0.2, 0.25) is 5.91 Å². The van der Waals surface area contributed by atoms with Crippen molar-refractivity contribution < 1.29 is 9.72 Å². The quantitative estimate of drug-likeness (QED) is 0.227. The van der Waals surface area contributed by atoms with Crippen LogP contribution in [0.5, 0.6) is 0 Å². The summed E-state index contributed by atoms with van der Waals surface area (Å²) in [5, 5.41) is 14.1. The molecular formula is C28H27N3O3S. The number of nitrogens with zero attached hydrogens (tertiary/aromatic N) is 2. The van der Waals surface area contributed by atoms with Crippen molar-refractivity contribution in [2.24, 2.45) is 5.73 Å². The second kappa shape index (κ2) is 11.1. The van der Waals surface area contributed by atoms with Gasteiger partial charge in [-0.1, -0.05) is 73.7 Å². The first kappa shape index (κ1) is 24.3. The standard InChI is InChI=1S/C28H27N3O3S/c1-2-23-18-35-28(30-23)26(17-20-8-14-24(15-9-20)31(33)34)22-12-10-21(11-13-22)25(27(29)32)16-19-6-4-3-5-7-19/h3-15,18,25-26H,2,16-17H2,1H3,(H2,29,32)/t25-,26?/m0/s1. The third-order valence-electron chi connectivity index (χ3n) is 6.18. The number of non-ortho nitro benzene ring substituents is 1. The van der Waals surface area contributed by atoms with E-state index in [-0.39, 0.29) is 22.4 Å². The van der Waals surface area contributed by atoms with Crippen molar-refractivity contribution in [3.05, 3.63) is 127 Å². The van der Waals surface area contributed by atoms with Crippen molar-refractivity contribution in [2.45, 2.75) is 38.0 Å². The molecule has 4 rings (SSSR count). The van der Waals surface area contributed by atoms with E-state index >= 15 is 0 Å². The lowest BCUT2D eigenvalue weighted by Crippen LogP contribution is -2.23. The highest BCUT2D eigenvalue weighted by Gasteiger charge is 2.22. The summed E-state index contributed by atoms with van der Waals surface area (Å²) in [6.45, 7) is 2.08. The predicted octanol–water partition coefficient (Wildman–Crippen LogP) is 5.80. The molecular weight excluding hydrogens is 458 g/mol. The highest BCUT2D eigenvalue weighted by molar-refractivity contribution is 7.09. The maximum atomic E-state index is 12.3. The number of carbonyl (C=O) groups is 1. The van der Waals surface area contributed by atoms with Gasteiger partial charge in [0.15, 0.2) is 0 Å². The highest BCUT2D eigenvalue weighted by Crippen LogP contribution is 2.33. The highest BCUT2D eigenvalue weighted by atomic mass is 32.1. The van der Waals surface area contributed by atoms with Crippen LogP contribution in [0.1, 0.15) is 51.7 Å². The molecule has 2 atom stereocenters. The third kappa shape index (κ3) is 6.00. The average molecular weight is 486 g/mol. The molecule has 178 valence electrons. The van der Waals surface area contributed by atoms with Gasteiger partial charge in [-0.25, -0.2) is 4.98 Å². The number of hydrogen-bond donors (Lipinski definition) is 1. The van der Waals surface area contributed by atoms with Crippen LogP contribution in [0.4, 0.5) is 5.69 Å². The minimum Gasteiger partial charge on any atom is -0.369 e. The molecule has 7 heteroatoms. The van der Waals surface area contributed by atoms with Crippen LogP contribution in [0.25, 0.3) is 0 Å². The van der Waals surface area contributed by atoms with Gasteiger partial charge in [0, 0.05) is 23.4 Å². The minimum absolute atomic E-state index is 0.00282. The molecule has 1 unspecified atom stereocenters. The molecule has 0 aliphatic rings. The Morgan fingerprint density at radius 3 is 2.14 bits per heavy atom. The molecule has 0 aliphatic carbocycles. The fraction of sp³-hybridized carbons (Fsp3) is 0.214. The zero-order chi connectivity index (χ0) is 24.8. The number of rotatable bonds is 10. The topological polar surface area (TPSA) is 99.1 Å². The van der Waals surface area contributed by atoms with E-state index in [0.717, 1.165) is 39.4 Å². The number of aromatic nitrogens is 1. The van der Waals surface area contributed by atoms with E-state index in [1.807, 2.05) is 54.6 Å². The van der Waals surface area contributed by atoms with E-state index in [0.29, 0.717) is 12.8 Å². The lowest BCUT2D eigenvalue weighted by molar-refractivity contribution is -0.384. The molecule has 0 saturated carbocycles. The number of amides is 1. The fourth-order valence-corrected chi connectivity index (χ4v) is 5.21. The SMILES string of the molecule is CCc1csc(C(Cc2ccc([N+](=O)[O-])cc2)c2ccc([C@H](Cc3ccccc3)C(N)=O)cc2)n1. The van der Waals surface area contributed by atoms with E-state index in [4.69, 9.17) is 10.7 Å². The fourth-order valence-electron chi connectivity index (χ4n) is 4.18. The number of nitro benzene ring substituents is 1. The van der Waals surface area contributed by atoms with Crippen LogP contribution in [0.2, 0.25) is 0 Å². The van der Waals surface area contributed by atoms with Crippen LogP contribution >= 0.6 is 11.3 Å².